The van der Waals surface area contributed by atoms with E-state index in [1.165, 1.54) is 23.9 Å². The van der Waals surface area contributed by atoms with Gasteiger partial charge in [0.1, 0.15) is 5.60 Å². The number of aliphatic hydroxyl groups excluding tert-OH is 1. The molecule has 8 atom stereocenters. The van der Waals surface area contributed by atoms with Crippen LogP contribution in [-0.2, 0) is 9.59 Å². The molecule has 6 rings (SSSR count). The maximum absolute atomic E-state index is 17.3. The molecule has 1 aromatic carbocycles. The number of aliphatic hydroxyl groups is 2. The Labute approximate surface area is 226 Å². The van der Waals surface area contributed by atoms with Gasteiger partial charge in [0, 0.05) is 22.1 Å². The number of alkyl halides is 1. The zero-order valence-electron chi connectivity index (χ0n) is 22.0. The standard InChI is InChI=1S/C31H34FNO4S/c1-18-14-23-22-10-9-20-15-21(34)12-13-28(20,2)30(22,32)25(35)16-29(23,3)31(18,37)26(36)17-38-27-11-8-19-6-4-5-7-24(19)33-27/h4-8,11-13,15,18,22-23,25,35,37H,9-10,14,16-17H2,1-3H3/t18-,22?,23?,25+,28?,29?,30+,31+/m1/s1. The molecule has 4 aliphatic carbocycles. The number of allylic oxidation sites excluding steroid dienone is 4. The summed E-state index contributed by atoms with van der Waals surface area (Å²) in [4.78, 5) is 30.5. The van der Waals surface area contributed by atoms with Crippen LogP contribution >= 0.6 is 11.8 Å². The number of hydrogen-bond donors (Lipinski definition) is 2. The second-order valence-electron chi connectivity index (χ2n) is 12.2. The second-order valence-corrected chi connectivity index (χ2v) is 13.2. The van der Waals surface area contributed by atoms with Gasteiger partial charge in [0.25, 0.3) is 0 Å². The fourth-order valence-electron chi connectivity index (χ4n) is 8.52. The second kappa shape index (κ2) is 8.57. The van der Waals surface area contributed by atoms with Crippen molar-refractivity contribution in [3.63, 3.8) is 0 Å². The van der Waals surface area contributed by atoms with Crippen LogP contribution in [0.1, 0.15) is 46.5 Å². The maximum Gasteiger partial charge on any atom is 0.178 e. The van der Waals surface area contributed by atoms with Crippen molar-refractivity contribution < 1.29 is 24.2 Å². The van der Waals surface area contributed by atoms with Gasteiger partial charge in [-0.1, -0.05) is 61.5 Å². The van der Waals surface area contributed by atoms with Crippen LogP contribution in [0.3, 0.4) is 0 Å². The molecule has 200 valence electrons. The van der Waals surface area contributed by atoms with Crippen LogP contribution in [0.25, 0.3) is 10.9 Å². The van der Waals surface area contributed by atoms with E-state index in [1.54, 1.807) is 13.0 Å². The zero-order chi connectivity index (χ0) is 27.1. The van der Waals surface area contributed by atoms with Crippen molar-refractivity contribution in [1.82, 2.24) is 4.98 Å². The van der Waals surface area contributed by atoms with Gasteiger partial charge < -0.3 is 10.2 Å². The lowest BCUT2D eigenvalue weighted by Crippen LogP contribution is -2.69. The minimum absolute atomic E-state index is 0.0131. The number of rotatable bonds is 4. The van der Waals surface area contributed by atoms with Crippen LogP contribution in [0, 0.1) is 28.6 Å². The number of halogens is 1. The molecule has 0 amide bonds. The molecular formula is C31H34FNO4S. The summed E-state index contributed by atoms with van der Waals surface area (Å²) in [6.07, 6.45) is 4.72. The molecule has 0 bridgehead atoms. The fraction of sp³-hybridized carbons (Fsp3) is 0.516. The highest BCUT2D eigenvalue weighted by Crippen LogP contribution is 2.70. The van der Waals surface area contributed by atoms with Crippen molar-refractivity contribution in [3.8, 4) is 0 Å². The van der Waals surface area contributed by atoms with Gasteiger partial charge in [0.05, 0.1) is 22.4 Å². The van der Waals surface area contributed by atoms with E-state index in [1.807, 2.05) is 50.2 Å². The zero-order valence-corrected chi connectivity index (χ0v) is 22.8. The Bertz CT molecular complexity index is 1410. The molecule has 0 saturated heterocycles. The SMILES string of the molecule is C[C@@H]1CC2C3CCC4=CC(=O)C=CC4(C)[C@@]3(F)[C@@H](O)CC2(C)[C@@]1(O)C(=O)CSc1ccc2ccccc2n1. The van der Waals surface area contributed by atoms with Gasteiger partial charge in [-0.15, -0.1) is 0 Å². The van der Waals surface area contributed by atoms with Gasteiger partial charge in [0.2, 0.25) is 0 Å². The van der Waals surface area contributed by atoms with Gasteiger partial charge in [-0.05, 0) is 68.7 Å². The minimum atomic E-state index is -1.98. The highest BCUT2D eigenvalue weighted by molar-refractivity contribution is 7.99. The summed E-state index contributed by atoms with van der Waals surface area (Å²) in [6.45, 7) is 5.53. The molecule has 0 radical (unpaired) electrons. The number of thioether (sulfide) groups is 1. The molecule has 3 fully saturated rings. The number of nitrogens with zero attached hydrogens (tertiary/aromatic N) is 1. The Balaban J connectivity index is 1.30. The van der Waals surface area contributed by atoms with E-state index in [9.17, 15) is 19.8 Å². The molecule has 0 spiro atoms. The molecule has 5 nitrogen and oxygen atoms in total. The molecule has 4 aliphatic rings. The average Bonchev–Trinajstić information content (AvgIpc) is 3.10. The summed E-state index contributed by atoms with van der Waals surface area (Å²) in [5, 5.41) is 25.4. The van der Waals surface area contributed by atoms with Crippen LogP contribution in [-0.4, -0.2) is 49.9 Å². The predicted octanol–water partition coefficient (Wildman–Crippen LogP) is 5.24. The summed E-state index contributed by atoms with van der Waals surface area (Å²) in [6, 6.07) is 11.6. The van der Waals surface area contributed by atoms with Gasteiger partial charge in [-0.2, -0.15) is 0 Å². The van der Waals surface area contributed by atoms with E-state index >= 15 is 4.39 Å². The number of carbonyl (C=O) groups is 2. The fourth-order valence-corrected chi connectivity index (χ4v) is 9.34. The molecule has 0 aliphatic heterocycles. The Morgan fingerprint density at radius 2 is 1.95 bits per heavy atom. The van der Waals surface area contributed by atoms with E-state index in [-0.39, 0.29) is 35.6 Å². The van der Waals surface area contributed by atoms with Gasteiger partial charge in [0.15, 0.2) is 17.2 Å². The normalized spacial score (nSPS) is 41.8. The van der Waals surface area contributed by atoms with Crippen molar-refractivity contribution in [2.24, 2.45) is 28.6 Å². The van der Waals surface area contributed by atoms with Crippen molar-refractivity contribution in [2.75, 3.05) is 5.75 Å². The lowest BCUT2D eigenvalue weighted by Gasteiger charge is -2.62. The van der Waals surface area contributed by atoms with Crippen molar-refractivity contribution >= 4 is 34.2 Å². The lowest BCUT2D eigenvalue weighted by molar-refractivity contribution is -0.218. The number of benzene rings is 1. The van der Waals surface area contributed by atoms with E-state index in [2.05, 4.69) is 4.98 Å². The largest absolute Gasteiger partial charge is 0.390 e. The third-order valence-corrected chi connectivity index (χ3v) is 11.5. The van der Waals surface area contributed by atoms with Gasteiger partial charge >= 0.3 is 0 Å². The summed E-state index contributed by atoms with van der Waals surface area (Å²) >= 11 is 1.30. The summed E-state index contributed by atoms with van der Waals surface area (Å²) in [5.41, 5.74) is -4.14. The number of carbonyl (C=O) groups excluding carboxylic acids is 2. The number of Topliss-reactive ketones (excluding diaryl/α,β-unsaturated/α-hetero) is 1. The topological polar surface area (TPSA) is 87.5 Å². The first-order chi connectivity index (χ1) is 17.9. The number of fused-ring (bicyclic) bond motifs is 6. The van der Waals surface area contributed by atoms with Crippen LogP contribution < -0.4 is 0 Å². The van der Waals surface area contributed by atoms with Crippen LogP contribution in [0.5, 0.6) is 0 Å². The van der Waals surface area contributed by atoms with Crippen molar-refractivity contribution in [1.29, 1.82) is 0 Å². The smallest absolute Gasteiger partial charge is 0.178 e. The number of aromatic nitrogens is 1. The quantitative estimate of drug-likeness (QED) is 0.521. The Morgan fingerprint density at radius 1 is 1.18 bits per heavy atom. The Morgan fingerprint density at radius 3 is 2.74 bits per heavy atom. The Kier molecular flexibility index (Phi) is 5.84. The van der Waals surface area contributed by atoms with Crippen molar-refractivity contribution in [2.45, 2.75) is 68.9 Å². The van der Waals surface area contributed by atoms with Crippen LogP contribution in [0.4, 0.5) is 4.39 Å². The average molecular weight is 536 g/mol. The van der Waals surface area contributed by atoms with Crippen molar-refractivity contribution in [3.05, 3.63) is 60.2 Å². The highest BCUT2D eigenvalue weighted by atomic mass is 32.2. The monoisotopic (exact) mass is 535 g/mol. The number of pyridine rings is 1. The third-order valence-electron chi connectivity index (χ3n) is 10.6. The first-order valence-electron chi connectivity index (χ1n) is 13.5. The van der Waals surface area contributed by atoms with Crippen LogP contribution in [0.2, 0.25) is 0 Å². The lowest BCUT2D eigenvalue weighted by atomic mass is 9.44. The molecule has 1 aromatic heterocycles. The molecular weight excluding hydrogens is 501 g/mol. The summed E-state index contributed by atoms with van der Waals surface area (Å²) in [7, 11) is 0. The molecule has 2 N–H and O–H groups in total. The molecule has 2 aromatic rings. The molecule has 38 heavy (non-hydrogen) atoms. The molecule has 1 heterocycles. The third kappa shape index (κ3) is 3.28. The van der Waals surface area contributed by atoms with Gasteiger partial charge in [-0.25, -0.2) is 9.37 Å². The van der Waals surface area contributed by atoms with Crippen LogP contribution in [0.15, 0.2) is 65.2 Å². The van der Waals surface area contributed by atoms with E-state index < -0.39 is 34.1 Å². The van der Waals surface area contributed by atoms with E-state index in [4.69, 9.17) is 0 Å². The predicted molar refractivity (Wildman–Crippen MR) is 145 cm³/mol. The highest BCUT2D eigenvalue weighted by Gasteiger charge is 2.75. The molecule has 4 unspecified atom stereocenters. The first-order valence-corrected chi connectivity index (χ1v) is 14.5. The van der Waals surface area contributed by atoms with Gasteiger partial charge in [-0.3, -0.25) is 9.59 Å². The molecule has 7 heteroatoms. The number of hydrogen-bond acceptors (Lipinski definition) is 6. The maximum atomic E-state index is 17.3. The Hall–Kier alpha value is -2.35. The molecule has 3 saturated carbocycles. The first kappa shape index (κ1) is 25.9. The number of ketones is 2. The number of para-hydroxylation sites is 1. The van der Waals surface area contributed by atoms with E-state index in [0.717, 1.165) is 16.5 Å². The summed E-state index contributed by atoms with van der Waals surface area (Å²) < 4.78 is 17.3. The van der Waals surface area contributed by atoms with E-state index in [0.29, 0.717) is 24.3 Å². The summed E-state index contributed by atoms with van der Waals surface area (Å²) in [5.74, 6) is -1.58. The minimum Gasteiger partial charge on any atom is -0.390 e.